The lowest BCUT2D eigenvalue weighted by atomic mass is 10.0. The van der Waals surface area contributed by atoms with Crippen molar-refractivity contribution in [1.82, 2.24) is 5.32 Å². The minimum absolute atomic E-state index is 0. The van der Waals surface area contributed by atoms with Crippen molar-refractivity contribution < 1.29 is 14.6 Å². The van der Waals surface area contributed by atoms with Gasteiger partial charge in [-0.1, -0.05) is 36.7 Å². The fourth-order valence-corrected chi connectivity index (χ4v) is 3.78. The molecule has 29 heavy (non-hydrogen) atoms. The van der Waals surface area contributed by atoms with Crippen LogP contribution in [0.3, 0.4) is 0 Å². The number of carbonyl (C=O) groups is 1. The predicted octanol–water partition coefficient (Wildman–Crippen LogP) is 4.69. The molecule has 3 rings (SSSR count). The average Bonchev–Trinajstić information content (AvgIpc) is 2.91. The van der Waals surface area contributed by atoms with E-state index in [1.807, 2.05) is 25.1 Å². The Balaban J connectivity index is 0.00000300. The Bertz CT molecular complexity index is 812. The summed E-state index contributed by atoms with van der Waals surface area (Å²) in [5, 5.41) is 14.6. The summed E-state index contributed by atoms with van der Waals surface area (Å²) in [6.07, 6.45) is 3.99. The van der Waals surface area contributed by atoms with E-state index in [1.165, 1.54) is 11.1 Å². The number of aryl methyl sites for hydroxylation is 1. The zero-order valence-corrected chi connectivity index (χ0v) is 18.3. The molecule has 0 saturated carbocycles. The highest BCUT2D eigenvalue weighted by Gasteiger charge is 2.19. The van der Waals surface area contributed by atoms with Crippen LogP contribution in [0.4, 0.5) is 0 Å². The number of nitrogens with one attached hydrogen (secondary N) is 1. The highest BCUT2D eigenvalue weighted by atomic mass is 35.5. The predicted molar refractivity (Wildman–Crippen MR) is 119 cm³/mol. The summed E-state index contributed by atoms with van der Waals surface area (Å²) in [7, 11) is 0. The summed E-state index contributed by atoms with van der Waals surface area (Å²) in [6.45, 7) is 2.46. The Morgan fingerprint density at radius 2 is 2.10 bits per heavy atom. The molecule has 0 heterocycles. The Morgan fingerprint density at radius 1 is 1.28 bits per heavy atom. The molecular formula is C23H29Cl2NO3. The van der Waals surface area contributed by atoms with Gasteiger partial charge < -0.3 is 15.2 Å². The van der Waals surface area contributed by atoms with E-state index in [9.17, 15) is 9.90 Å². The molecule has 0 aliphatic heterocycles. The summed E-state index contributed by atoms with van der Waals surface area (Å²) in [4.78, 5) is 11.5. The Morgan fingerprint density at radius 3 is 2.86 bits per heavy atom. The molecule has 0 unspecified atom stereocenters. The van der Waals surface area contributed by atoms with Gasteiger partial charge in [-0.15, -0.1) is 12.4 Å². The van der Waals surface area contributed by atoms with Gasteiger partial charge in [0.15, 0.2) is 5.78 Å². The van der Waals surface area contributed by atoms with E-state index in [0.29, 0.717) is 24.0 Å². The van der Waals surface area contributed by atoms with Crippen LogP contribution in [0, 0.1) is 0 Å². The Labute approximate surface area is 184 Å². The normalized spacial score (nSPS) is 16.9. The van der Waals surface area contributed by atoms with E-state index in [-0.39, 0.29) is 24.8 Å². The third kappa shape index (κ3) is 7.00. The maximum Gasteiger partial charge on any atom is 0.169 e. The first kappa shape index (κ1) is 23.7. The van der Waals surface area contributed by atoms with E-state index >= 15 is 0 Å². The van der Waals surface area contributed by atoms with Gasteiger partial charge in [0.05, 0.1) is 6.10 Å². The highest BCUT2D eigenvalue weighted by Crippen LogP contribution is 2.26. The fourth-order valence-electron chi connectivity index (χ4n) is 3.58. The first-order chi connectivity index (χ1) is 13.5. The van der Waals surface area contributed by atoms with Crippen LogP contribution in [0.15, 0.2) is 42.5 Å². The number of Topliss-reactive ketones (excluding diaryl/α,β-unsaturated/α-hetero) is 1. The minimum atomic E-state index is -0.587. The number of aliphatic hydroxyl groups excluding tert-OH is 1. The Hall–Kier alpha value is -1.59. The van der Waals surface area contributed by atoms with Crippen LogP contribution in [0.5, 0.6) is 5.75 Å². The number of benzene rings is 2. The number of rotatable bonds is 8. The maximum absolute atomic E-state index is 11.5. The van der Waals surface area contributed by atoms with Crippen molar-refractivity contribution in [2.45, 2.75) is 51.2 Å². The molecule has 0 radical (unpaired) electrons. The van der Waals surface area contributed by atoms with Crippen LogP contribution >= 0.6 is 24.0 Å². The summed E-state index contributed by atoms with van der Waals surface area (Å²) in [6, 6.07) is 13.8. The lowest BCUT2D eigenvalue weighted by Gasteiger charge is -2.20. The summed E-state index contributed by atoms with van der Waals surface area (Å²) in [5.74, 6) is 0.852. The lowest BCUT2D eigenvalue weighted by Crippen LogP contribution is -2.34. The average molecular weight is 438 g/mol. The van der Waals surface area contributed by atoms with Crippen molar-refractivity contribution in [1.29, 1.82) is 0 Å². The number of halogens is 2. The van der Waals surface area contributed by atoms with Gasteiger partial charge in [0.2, 0.25) is 0 Å². The molecule has 0 bridgehead atoms. The quantitative estimate of drug-likeness (QED) is 0.588. The number of ketones is 1. The molecule has 0 fully saturated rings. The molecule has 1 aliphatic rings. The molecule has 2 aromatic rings. The molecule has 0 aromatic heterocycles. The molecule has 0 saturated heterocycles. The summed E-state index contributed by atoms with van der Waals surface area (Å²) >= 11 is 6.02. The third-order valence-corrected chi connectivity index (χ3v) is 5.51. The van der Waals surface area contributed by atoms with Gasteiger partial charge in [-0.05, 0) is 66.6 Å². The van der Waals surface area contributed by atoms with Crippen molar-refractivity contribution in [2.24, 2.45) is 0 Å². The van der Waals surface area contributed by atoms with Crippen LogP contribution < -0.4 is 10.1 Å². The van der Waals surface area contributed by atoms with Crippen molar-refractivity contribution >= 4 is 29.8 Å². The standard InChI is InChI=1S/C23H28ClNO3.ClH/c1-2-21(26)15-28-22-10-9-16-5-4-8-20(12-18(16)13-22)25-14-23(27)17-6-3-7-19(24)11-17;/h3,6-7,9-11,13,20,23,25,27H,2,4-5,8,12,14-15H2,1H3;1H/t20-,23-;/m0./s1. The number of hydrogen-bond acceptors (Lipinski definition) is 4. The first-order valence-corrected chi connectivity index (χ1v) is 10.4. The molecule has 6 heteroatoms. The highest BCUT2D eigenvalue weighted by molar-refractivity contribution is 6.30. The van der Waals surface area contributed by atoms with Crippen LogP contribution in [0.1, 0.15) is 49.0 Å². The van der Waals surface area contributed by atoms with Crippen LogP contribution in [-0.4, -0.2) is 30.1 Å². The van der Waals surface area contributed by atoms with Crippen LogP contribution in [-0.2, 0) is 17.6 Å². The Kier molecular flexibility index (Phi) is 9.44. The SMILES string of the molecule is CCC(=O)COc1ccc2c(c1)C[C@@H](NC[C@H](O)c1cccc(Cl)c1)CCC2.Cl. The topological polar surface area (TPSA) is 58.6 Å². The van der Waals surface area contributed by atoms with Crippen molar-refractivity contribution in [3.05, 3.63) is 64.2 Å². The molecule has 2 N–H and O–H groups in total. The van der Waals surface area contributed by atoms with Gasteiger partial charge >= 0.3 is 0 Å². The molecular weight excluding hydrogens is 409 g/mol. The first-order valence-electron chi connectivity index (χ1n) is 9.98. The van der Waals surface area contributed by atoms with E-state index in [4.69, 9.17) is 16.3 Å². The molecule has 1 aliphatic carbocycles. The molecule has 0 amide bonds. The zero-order valence-electron chi connectivity index (χ0n) is 16.7. The number of ether oxygens (including phenoxy) is 1. The van der Waals surface area contributed by atoms with E-state index in [1.54, 1.807) is 12.1 Å². The van der Waals surface area contributed by atoms with Crippen LogP contribution in [0.2, 0.25) is 5.02 Å². The second-order valence-electron chi connectivity index (χ2n) is 7.38. The zero-order chi connectivity index (χ0) is 19.9. The summed E-state index contributed by atoms with van der Waals surface area (Å²) in [5.41, 5.74) is 3.42. The van der Waals surface area contributed by atoms with E-state index in [0.717, 1.165) is 37.0 Å². The minimum Gasteiger partial charge on any atom is -0.486 e. The largest absolute Gasteiger partial charge is 0.486 e. The number of fused-ring (bicyclic) bond motifs is 1. The number of hydrogen-bond donors (Lipinski definition) is 2. The molecule has 0 spiro atoms. The molecule has 4 nitrogen and oxygen atoms in total. The van der Waals surface area contributed by atoms with Gasteiger partial charge in [0.1, 0.15) is 12.4 Å². The van der Waals surface area contributed by atoms with Crippen molar-refractivity contribution in [3.63, 3.8) is 0 Å². The van der Waals surface area contributed by atoms with E-state index < -0.39 is 6.10 Å². The van der Waals surface area contributed by atoms with Crippen molar-refractivity contribution in [2.75, 3.05) is 13.2 Å². The summed E-state index contributed by atoms with van der Waals surface area (Å²) < 4.78 is 5.65. The lowest BCUT2D eigenvalue weighted by molar-refractivity contribution is -0.120. The molecule has 2 aromatic carbocycles. The second-order valence-corrected chi connectivity index (χ2v) is 7.82. The molecule has 2 atom stereocenters. The van der Waals surface area contributed by atoms with Gasteiger partial charge in [-0.2, -0.15) is 0 Å². The van der Waals surface area contributed by atoms with E-state index in [2.05, 4.69) is 17.4 Å². The molecule has 158 valence electrons. The van der Waals surface area contributed by atoms with Gasteiger partial charge in [-0.3, -0.25) is 4.79 Å². The number of carbonyl (C=O) groups excluding carboxylic acids is 1. The smallest absolute Gasteiger partial charge is 0.169 e. The van der Waals surface area contributed by atoms with Crippen LogP contribution in [0.25, 0.3) is 0 Å². The number of aliphatic hydroxyl groups is 1. The maximum atomic E-state index is 11.5. The van der Waals surface area contributed by atoms with Gasteiger partial charge in [0, 0.05) is 24.0 Å². The van der Waals surface area contributed by atoms with Crippen molar-refractivity contribution in [3.8, 4) is 5.75 Å². The third-order valence-electron chi connectivity index (χ3n) is 5.27. The fraction of sp³-hybridized carbons (Fsp3) is 0.435. The second kappa shape index (κ2) is 11.6. The van der Waals surface area contributed by atoms with Gasteiger partial charge in [-0.25, -0.2) is 0 Å². The monoisotopic (exact) mass is 437 g/mol. The van der Waals surface area contributed by atoms with Gasteiger partial charge in [0.25, 0.3) is 0 Å².